The van der Waals surface area contributed by atoms with Crippen LogP contribution in [0.2, 0.25) is 0 Å². The summed E-state index contributed by atoms with van der Waals surface area (Å²) in [5.74, 6) is -1.72. The highest BCUT2D eigenvalue weighted by Gasteiger charge is 2.40. The quantitative estimate of drug-likeness (QED) is 0.440. The number of halogens is 3. The number of nitrogens with one attached hydrogen (secondary N) is 3. The van der Waals surface area contributed by atoms with Crippen molar-refractivity contribution < 1.29 is 32.3 Å². The Kier molecular flexibility index (Phi) is 7.06. The second kappa shape index (κ2) is 10.2. The van der Waals surface area contributed by atoms with Crippen LogP contribution in [0.15, 0.2) is 24.3 Å². The summed E-state index contributed by atoms with van der Waals surface area (Å²) in [6.45, 7) is 3.75. The van der Waals surface area contributed by atoms with Crippen LogP contribution in [0.25, 0.3) is 0 Å². The molecule has 210 valence electrons. The fraction of sp³-hybridized carbons (Fsp3) is 0.556. The Labute approximate surface area is 223 Å². The fourth-order valence-corrected chi connectivity index (χ4v) is 5.31. The number of nitrogens with zero attached hydrogens (tertiary/aromatic N) is 2. The zero-order chi connectivity index (χ0) is 27.9. The largest absolute Gasteiger partial charge is 0.446 e. The monoisotopic (exact) mass is 547 g/mol. The molecule has 39 heavy (non-hydrogen) atoms. The van der Waals surface area contributed by atoms with Gasteiger partial charge in [0.15, 0.2) is 5.82 Å². The van der Waals surface area contributed by atoms with E-state index in [2.05, 4.69) is 20.8 Å². The van der Waals surface area contributed by atoms with Crippen molar-refractivity contribution in [2.75, 3.05) is 16.8 Å². The maximum atomic E-state index is 13.9. The van der Waals surface area contributed by atoms with Gasteiger partial charge in [0.25, 0.3) is 0 Å². The molecule has 3 amide bonds. The Hall–Kier alpha value is -3.57. The van der Waals surface area contributed by atoms with Gasteiger partial charge >= 0.3 is 12.3 Å². The summed E-state index contributed by atoms with van der Waals surface area (Å²) in [7, 11) is 0. The summed E-state index contributed by atoms with van der Waals surface area (Å²) in [5.41, 5.74) is -0.342. The third-order valence-electron chi connectivity index (χ3n) is 7.94. The number of amides is 3. The number of H-pyrrole nitrogens is 1. The van der Waals surface area contributed by atoms with Crippen molar-refractivity contribution in [2.45, 2.75) is 88.4 Å². The highest BCUT2D eigenvalue weighted by molar-refractivity contribution is 5.97. The number of anilines is 2. The average Bonchev–Trinajstić information content (AvgIpc) is 3.28. The number of aromatic nitrogens is 2. The van der Waals surface area contributed by atoms with Gasteiger partial charge in [-0.15, -0.1) is 0 Å². The highest BCUT2D eigenvalue weighted by Crippen LogP contribution is 2.40. The third kappa shape index (κ3) is 6.04. The number of ether oxygens (including phenoxy) is 1. The Bertz CT molecular complexity index is 1270. The van der Waals surface area contributed by atoms with Crippen molar-refractivity contribution in [2.24, 2.45) is 0 Å². The maximum Gasteiger partial charge on any atom is 0.416 e. The number of rotatable bonds is 7. The normalized spacial score (nSPS) is 23.0. The van der Waals surface area contributed by atoms with Crippen LogP contribution in [-0.4, -0.2) is 46.3 Å². The lowest BCUT2D eigenvalue weighted by Gasteiger charge is -2.22. The van der Waals surface area contributed by atoms with E-state index < -0.39 is 29.7 Å². The van der Waals surface area contributed by atoms with Crippen molar-refractivity contribution in [1.29, 1.82) is 0 Å². The predicted octanol–water partition coefficient (Wildman–Crippen LogP) is 5.21. The van der Waals surface area contributed by atoms with Crippen LogP contribution in [-0.2, 0) is 20.5 Å². The van der Waals surface area contributed by atoms with E-state index in [-0.39, 0.29) is 40.5 Å². The lowest BCUT2D eigenvalue weighted by atomic mass is 9.93. The zero-order valence-corrected chi connectivity index (χ0v) is 21.9. The number of alkyl halides is 3. The average molecular weight is 548 g/mol. The minimum absolute atomic E-state index is 0.0487. The van der Waals surface area contributed by atoms with Crippen molar-refractivity contribution in [3.05, 3.63) is 41.1 Å². The first-order valence-corrected chi connectivity index (χ1v) is 13.3. The number of carbonyl (C=O) groups excluding carboxylic acids is 3. The van der Waals surface area contributed by atoms with Crippen molar-refractivity contribution >= 4 is 29.4 Å². The summed E-state index contributed by atoms with van der Waals surface area (Å²) in [6, 6.07) is 5.32. The van der Waals surface area contributed by atoms with Crippen molar-refractivity contribution in [1.82, 2.24) is 15.5 Å². The number of aromatic amines is 1. The van der Waals surface area contributed by atoms with Crippen LogP contribution in [0.4, 0.5) is 29.5 Å². The molecule has 9 nitrogen and oxygen atoms in total. The second-order valence-corrected chi connectivity index (χ2v) is 11.1. The van der Waals surface area contributed by atoms with Gasteiger partial charge in [-0.3, -0.25) is 14.7 Å². The summed E-state index contributed by atoms with van der Waals surface area (Å²) < 4.78 is 47.4. The van der Waals surface area contributed by atoms with Crippen LogP contribution < -0.4 is 15.5 Å². The molecule has 3 atom stereocenters. The van der Waals surface area contributed by atoms with E-state index in [4.69, 9.17) is 4.74 Å². The standard InChI is InChI=1S/C27H32F3N5O4/c1-15(19-8-6-17(13-20(19)27(28,29)30)35-11-3-4-23(35)36)24(37)31-22-14-21(33-34-22)16-5-7-18(12-16)39-25(38)32-26(2)9-10-26/h6,8,13-16,18H,3-5,7,9-12H2,1-2H3,(H,32,38)(H2,31,33,34,37)/t15?,16-,18-/m1/s1. The summed E-state index contributed by atoms with van der Waals surface area (Å²) >= 11 is 0. The fourth-order valence-electron chi connectivity index (χ4n) is 5.31. The minimum atomic E-state index is -4.70. The molecular formula is C27H32F3N5O4. The molecule has 12 heteroatoms. The van der Waals surface area contributed by atoms with Crippen molar-refractivity contribution in [3.8, 4) is 0 Å². The molecule has 1 unspecified atom stereocenters. The Balaban J connectivity index is 1.22. The molecule has 3 fully saturated rings. The Morgan fingerprint density at radius 1 is 1.23 bits per heavy atom. The molecule has 3 aliphatic rings. The third-order valence-corrected chi connectivity index (χ3v) is 7.94. The highest BCUT2D eigenvalue weighted by atomic mass is 19.4. The van der Waals surface area contributed by atoms with E-state index in [1.54, 1.807) is 6.07 Å². The molecule has 1 aromatic carbocycles. The van der Waals surface area contributed by atoms with Gasteiger partial charge in [0.2, 0.25) is 11.8 Å². The van der Waals surface area contributed by atoms with Gasteiger partial charge in [-0.05, 0) is 70.1 Å². The SMILES string of the molecule is CC(C(=O)Nc1cc([C@@H]2CC[C@@H](OC(=O)NC3(C)CC3)C2)[nH]n1)c1ccc(N2CCCC2=O)cc1C(F)(F)F. The molecule has 3 N–H and O–H groups in total. The number of hydrogen-bond acceptors (Lipinski definition) is 5. The smallest absolute Gasteiger partial charge is 0.416 e. The topological polar surface area (TPSA) is 116 Å². The van der Waals surface area contributed by atoms with Crippen LogP contribution in [0.5, 0.6) is 0 Å². The van der Waals surface area contributed by atoms with Crippen LogP contribution in [0, 0.1) is 0 Å². The number of carbonyl (C=O) groups is 3. The molecule has 5 rings (SSSR count). The zero-order valence-electron chi connectivity index (χ0n) is 21.9. The van der Waals surface area contributed by atoms with E-state index in [1.807, 2.05) is 6.92 Å². The Morgan fingerprint density at radius 3 is 2.67 bits per heavy atom. The van der Waals surface area contributed by atoms with E-state index in [1.165, 1.54) is 24.0 Å². The van der Waals surface area contributed by atoms with Gasteiger partial charge in [0, 0.05) is 41.9 Å². The second-order valence-electron chi connectivity index (χ2n) is 11.1. The Morgan fingerprint density at radius 2 is 2.00 bits per heavy atom. The first kappa shape index (κ1) is 27.0. The van der Waals surface area contributed by atoms with E-state index in [9.17, 15) is 27.6 Å². The van der Waals surface area contributed by atoms with E-state index in [0.717, 1.165) is 31.0 Å². The van der Waals surface area contributed by atoms with Gasteiger partial charge < -0.3 is 20.3 Å². The molecular weight excluding hydrogens is 515 g/mol. The predicted molar refractivity (Wildman–Crippen MR) is 136 cm³/mol. The van der Waals surface area contributed by atoms with Crippen LogP contribution in [0.3, 0.4) is 0 Å². The molecule has 2 aromatic rings. The molecule has 0 radical (unpaired) electrons. The van der Waals surface area contributed by atoms with Gasteiger partial charge in [-0.1, -0.05) is 6.07 Å². The number of hydrogen-bond donors (Lipinski definition) is 3. The molecule has 2 heterocycles. The van der Waals surface area contributed by atoms with Gasteiger partial charge in [0.1, 0.15) is 6.10 Å². The molecule has 1 aliphatic heterocycles. The van der Waals surface area contributed by atoms with Crippen LogP contribution in [0.1, 0.15) is 87.4 Å². The van der Waals surface area contributed by atoms with Crippen molar-refractivity contribution in [3.63, 3.8) is 0 Å². The maximum absolute atomic E-state index is 13.9. The lowest BCUT2D eigenvalue weighted by molar-refractivity contribution is -0.138. The van der Waals surface area contributed by atoms with Gasteiger partial charge in [-0.25, -0.2) is 4.79 Å². The molecule has 0 spiro atoms. The first-order valence-electron chi connectivity index (χ1n) is 13.3. The molecule has 1 saturated heterocycles. The first-order chi connectivity index (χ1) is 18.4. The van der Waals surface area contributed by atoms with Crippen LogP contribution >= 0.6 is 0 Å². The summed E-state index contributed by atoms with van der Waals surface area (Å²) in [6.07, 6.45) is -0.477. The number of benzene rings is 1. The number of alkyl carbamates (subject to hydrolysis) is 1. The van der Waals surface area contributed by atoms with E-state index >= 15 is 0 Å². The summed E-state index contributed by atoms with van der Waals surface area (Å²) in [4.78, 5) is 38.4. The molecule has 1 aromatic heterocycles. The van der Waals surface area contributed by atoms with Gasteiger partial charge in [0.05, 0.1) is 11.5 Å². The lowest BCUT2D eigenvalue weighted by Crippen LogP contribution is -2.36. The van der Waals surface area contributed by atoms with E-state index in [0.29, 0.717) is 32.2 Å². The molecule has 0 bridgehead atoms. The minimum Gasteiger partial charge on any atom is -0.446 e. The molecule has 2 aliphatic carbocycles. The molecule has 2 saturated carbocycles. The summed E-state index contributed by atoms with van der Waals surface area (Å²) in [5, 5.41) is 12.5. The van der Waals surface area contributed by atoms with Gasteiger partial charge in [-0.2, -0.15) is 18.3 Å².